The van der Waals surface area contributed by atoms with Gasteiger partial charge in [-0.2, -0.15) is 0 Å². The van der Waals surface area contributed by atoms with Gasteiger partial charge in [-0.15, -0.1) is 0 Å². The fraction of sp³-hybridized carbons (Fsp3) is 0.812. The van der Waals surface area contributed by atoms with Gasteiger partial charge in [0.25, 0.3) is 0 Å². The van der Waals surface area contributed by atoms with E-state index in [-0.39, 0.29) is 24.7 Å². The average molecular weight is 314 g/mol. The largest absolute Gasteiger partial charge is 0.459 e. The minimum Gasteiger partial charge on any atom is -0.459 e. The number of quaternary nitrogens is 1. The van der Waals surface area contributed by atoms with Gasteiger partial charge in [-0.25, -0.2) is 4.79 Å². The Kier molecular flexibility index (Phi) is 5.27. The highest BCUT2D eigenvalue weighted by atomic mass is 16.6. The van der Waals surface area contributed by atoms with E-state index in [4.69, 9.17) is 9.47 Å². The molecule has 2 aliphatic rings. The summed E-state index contributed by atoms with van der Waals surface area (Å²) in [6, 6.07) is 0.0276. The van der Waals surface area contributed by atoms with Crippen molar-refractivity contribution in [2.45, 2.75) is 51.0 Å². The Balaban J connectivity index is 2.00. The number of hydrogen-bond donors (Lipinski definition) is 3. The Morgan fingerprint density at radius 2 is 2.18 bits per heavy atom. The second-order valence-electron chi connectivity index (χ2n) is 6.66. The number of aliphatic hydroxyl groups excluding tert-OH is 1. The monoisotopic (exact) mass is 314 g/mol. The van der Waals surface area contributed by atoms with Gasteiger partial charge in [0, 0.05) is 19.1 Å². The number of rotatable bonds is 6. The zero-order chi connectivity index (χ0) is 16.5. The molecule has 0 amide bonds. The van der Waals surface area contributed by atoms with Crippen molar-refractivity contribution in [1.82, 2.24) is 0 Å². The van der Waals surface area contributed by atoms with E-state index in [1.165, 1.54) is 12.0 Å². The molecular formula is C16H28NO5+. The van der Waals surface area contributed by atoms with Crippen LogP contribution in [0.3, 0.4) is 0 Å². The third-order valence-electron chi connectivity index (χ3n) is 5.16. The van der Waals surface area contributed by atoms with Crippen molar-refractivity contribution in [3.63, 3.8) is 0 Å². The smallest absolute Gasteiger partial charge is 0.341 e. The summed E-state index contributed by atoms with van der Waals surface area (Å²) in [5.74, 6) is -0.995. The van der Waals surface area contributed by atoms with Gasteiger partial charge in [0.2, 0.25) is 0 Å². The van der Waals surface area contributed by atoms with Crippen LogP contribution in [0.1, 0.15) is 27.2 Å². The Labute approximate surface area is 131 Å². The van der Waals surface area contributed by atoms with Gasteiger partial charge in [-0.1, -0.05) is 13.8 Å². The molecule has 2 rings (SSSR count). The van der Waals surface area contributed by atoms with Crippen molar-refractivity contribution in [2.24, 2.45) is 5.92 Å². The van der Waals surface area contributed by atoms with Crippen molar-refractivity contribution >= 4 is 5.97 Å². The molecule has 22 heavy (non-hydrogen) atoms. The Bertz CT molecular complexity index is 450. The van der Waals surface area contributed by atoms with E-state index in [0.29, 0.717) is 0 Å². The second kappa shape index (κ2) is 6.66. The Hall–Kier alpha value is -0.950. The minimum absolute atomic E-state index is 0.0276. The van der Waals surface area contributed by atoms with E-state index < -0.39 is 17.7 Å². The van der Waals surface area contributed by atoms with E-state index >= 15 is 0 Å². The molecule has 3 N–H and O–H groups in total. The maximum Gasteiger partial charge on any atom is 0.341 e. The van der Waals surface area contributed by atoms with E-state index in [1.54, 1.807) is 20.8 Å². The molecule has 0 aromatic rings. The molecule has 6 heteroatoms. The van der Waals surface area contributed by atoms with E-state index in [9.17, 15) is 15.0 Å². The summed E-state index contributed by atoms with van der Waals surface area (Å²) < 4.78 is 10.5. The van der Waals surface area contributed by atoms with Gasteiger partial charge < -0.3 is 24.6 Å². The predicted octanol–water partition coefficient (Wildman–Crippen LogP) is -1.09. The number of esters is 1. The summed E-state index contributed by atoms with van der Waals surface area (Å²) in [5.41, 5.74) is -0.723. The van der Waals surface area contributed by atoms with Crippen LogP contribution in [0.2, 0.25) is 0 Å². The average Bonchev–Trinajstić information content (AvgIpc) is 3.06. The molecule has 126 valence electrons. The molecule has 0 aliphatic carbocycles. The molecule has 0 bridgehead atoms. The highest BCUT2D eigenvalue weighted by Gasteiger charge is 2.48. The Morgan fingerprint density at radius 1 is 1.50 bits per heavy atom. The van der Waals surface area contributed by atoms with Crippen LogP contribution in [0, 0.1) is 5.92 Å². The van der Waals surface area contributed by atoms with Crippen LogP contribution in [-0.2, 0) is 14.3 Å². The first-order valence-corrected chi connectivity index (χ1v) is 7.96. The molecule has 0 aromatic carbocycles. The lowest BCUT2D eigenvalue weighted by molar-refractivity contribution is -0.897. The van der Waals surface area contributed by atoms with Crippen LogP contribution >= 0.6 is 0 Å². The lowest BCUT2D eigenvalue weighted by Gasteiger charge is -2.34. The standard InChI is InChI=1S/C16H27NO5/c1-10(2)16(20,11(3)21-4)15(19)22-9-12-5-7-17-8-6-13(18)14(12)17/h5,10-11,13-14,18,20H,6-9H2,1-4H3/p+1/t11-,13+,14+,16+/m0/s1. The quantitative estimate of drug-likeness (QED) is 0.429. The molecule has 6 nitrogen and oxygen atoms in total. The summed E-state index contributed by atoms with van der Waals surface area (Å²) >= 11 is 0. The minimum atomic E-state index is -1.67. The fourth-order valence-corrected chi connectivity index (χ4v) is 3.52. The first-order chi connectivity index (χ1) is 10.3. The molecular weight excluding hydrogens is 286 g/mol. The summed E-state index contributed by atoms with van der Waals surface area (Å²) in [5, 5.41) is 20.7. The number of carbonyl (C=O) groups is 1. The maximum absolute atomic E-state index is 12.4. The number of carbonyl (C=O) groups excluding carboxylic acids is 1. The third-order valence-corrected chi connectivity index (χ3v) is 5.16. The zero-order valence-electron chi connectivity index (χ0n) is 13.8. The lowest BCUT2D eigenvalue weighted by Crippen LogP contribution is -3.12. The second-order valence-corrected chi connectivity index (χ2v) is 6.66. The van der Waals surface area contributed by atoms with Crippen LogP contribution in [0.25, 0.3) is 0 Å². The molecule has 0 spiro atoms. The topological polar surface area (TPSA) is 80.4 Å². The molecule has 1 unspecified atom stereocenters. The highest BCUT2D eigenvalue weighted by molar-refractivity contribution is 5.80. The molecule has 0 saturated carbocycles. The maximum atomic E-state index is 12.4. The van der Waals surface area contributed by atoms with Crippen LogP contribution in [0.5, 0.6) is 0 Å². The summed E-state index contributed by atoms with van der Waals surface area (Å²) in [4.78, 5) is 13.7. The van der Waals surface area contributed by atoms with E-state index in [2.05, 4.69) is 0 Å². The van der Waals surface area contributed by atoms with E-state index in [0.717, 1.165) is 25.1 Å². The SMILES string of the molecule is CO[C@@H](C)[C@@](O)(C(=O)OCC1=CC[NH+]2CC[C@@H](O)[C@@H]12)C(C)C. The van der Waals surface area contributed by atoms with Crippen LogP contribution in [0.4, 0.5) is 0 Å². The van der Waals surface area contributed by atoms with Crippen LogP contribution < -0.4 is 4.90 Å². The van der Waals surface area contributed by atoms with Crippen molar-refractivity contribution in [3.05, 3.63) is 11.6 Å². The van der Waals surface area contributed by atoms with Gasteiger partial charge in [0.05, 0.1) is 19.2 Å². The summed E-state index contributed by atoms with van der Waals surface area (Å²) in [6.07, 6.45) is 1.78. The highest BCUT2D eigenvalue weighted by Crippen LogP contribution is 2.26. The van der Waals surface area contributed by atoms with Gasteiger partial charge in [0.15, 0.2) is 5.60 Å². The zero-order valence-corrected chi connectivity index (χ0v) is 13.8. The molecule has 0 aromatic heterocycles. The number of fused-ring (bicyclic) bond motifs is 1. The molecule has 1 saturated heterocycles. The summed E-state index contributed by atoms with van der Waals surface area (Å²) in [6.45, 7) is 7.10. The third kappa shape index (κ3) is 2.93. The van der Waals surface area contributed by atoms with Crippen molar-refractivity contribution < 1.29 is 29.4 Å². The number of hydrogen-bond acceptors (Lipinski definition) is 5. The first-order valence-electron chi connectivity index (χ1n) is 7.96. The number of ether oxygens (including phenoxy) is 2. The molecule has 5 atom stereocenters. The van der Waals surface area contributed by atoms with E-state index in [1.807, 2.05) is 6.08 Å². The van der Waals surface area contributed by atoms with Crippen molar-refractivity contribution in [2.75, 3.05) is 26.8 Å². The molecule has 2 heterocycles. The molecule has 2 aliphatic heterocycles. The number of methoxy groups -OCH3 is 1. The number of nitrogens with one attached hydrogen (secondary N) is 1. The number of aliphatic hydroxyl groups is 2. The van der Waals surface area contributed by atoms with Crippen molar-refractivity contribution in [1.29, 1.82) is 0 Å². The first kappa shape index (κ1) is 17.4. The molecule has 1 fully saturated rings. The van der Waals surface area contributed by atoms with Gasteiger partial charge in [-0.05, 0) is 18.9 Å². The lowest BCUT2D eigenvalue weighted by atomic mass is 9.85. The fourth-order valence-electron chi connectivity index (χ4n) is 3.52. The Morgan fingerprint density at radius 3 is 2.77 bits per heavy atom. The van der Waals surface area contributed by atoms with Crippen molar-refractivity contribution in [3.8, 4) is 0 Å². The van der Waals surface area contributed by atoms with Gasteiger partial charge in [-0.3, -0.25) is 0 Å². The van der Waals surface area contributed by atoms with Crippen LogP contribution in [0.15, 0.2) is 11.6 Å². The van der Waals surface area contributed by atoms with Crippen LogP contribution in [-0.4, -0.2) is 66.8 Å². The summed E-state index contributed by atoms with van der Waals surface area (Å²) in [7, 11) is 1.46. The predicted molar refractivity (Wildman–Crippen MR) is 80.4 cm³/mol. The molecule has 0 radical (unpaired) electrons. The normalized spacial score (nSPS) is 31.6. The van der Waals surface area contributed by atoms with Gasteiger partial charge >= 0.3 is 5.97 Å². The van der Waals surface area contributed by atoms with Gasteiger partial charge in [0.1, 0.15) is 18.8 Å².